The molecule has 0 heterocycles. The van der Waals surface area contributed by atoms with E-state index in [2.05, 4.69) is 47.6 Å². The van der Waals surface area contributed by atoms with Gasteiger partial charge < -0.3 is 5.11 Å². The number of aliphatic carboxylic acids is 1. The number of carboxylic acids is 1. The van der Waals surface area contributed by atoms with Crippen LogP contribution >= 0.6 is 0 Å². The number of carboxylic acid groups (broad SMARTS) is 1. The molecule has 2 nitrogen and oxygen atoms in total. The van der Waals surface area contributed by atoms with Crippen molar-refractivity contribution in [3.63, 3.8) is 0 Å². The molecular formula is C21H36O2. The summed E-state index contributed by atoms with van der Waals surface area (Å²) in [6.07, 6.45) is 8.91. The summed E-state index contributed by atoms with van der Waals surface area (Å²) in [7, 11) is 0. The maximum atomic E-state index is 12.1. The number of rotatable bonds is 5. The van der Waals surface area contributed by atoms with Crippen LogP contribution in [0.4, 0.5) is 0 Å². The van der Waals surface area contributed by atoms with E-state index in [1.807, 2.05) is 0 Å². The van der Waals surface area contributed by atoms with Gasteiger partial charge in [0.25, 0.3) is 0 Å². The molecule has 0 spiro atoms. The number of fused-ring (bicyclic) bond motifs is 1. The van der Waals surface area contributed by atoms with Crippen LogP contribution in [0.25, 0.3) is 0 Å². The first kappa shape index (κ1) is 18.5. The summed E-state index contributed by atoms with van der Waals surface area (Å²) in [5.74, 6) is 0.875. The second kappa shape index (κ2) is 6.61. The molecule has 0 aromatic rings. The highest BCUT2D eigenvalue weighted by Crippen LogP contribution is 2.63. The molecule has 2 aliphatic carbocycles. The zero-order chi connectivity index (χ0) is 17.4. The van der Waals surface area contributed by atoms with Gasteiger partial charge in [-0.1, -0.05) is 59.1 Å². The molecule has 2 heteroatoms. The lowest BCUT2D eigenvalue weighted by atomic mass is 9.44. The van der Waals surface area contributed by atoms with Crippen molar-refractivity contribution in [2.75, 3.05) is 0 Å². The van der Waals surface area contributed by atoms with Gasteiger partial charge >= 0.3 is 5.97 Å². The molecule has 132 valence electrons. The number of allylic oxidation sites excluding steroid dienone is 2. The molecular weight excluding hydrogens is 284 g/mol. The van der Waals surface area contributed by atoms with Crippen LogP contribution in [0.3, 0.4) is 0 Å². The van der Waals surface area contributed by atoms with Gasteiger partial charge in [0.2, 0.25) is 0 Å². The first-order valence-corrected chi connectivity index (χ1v) is 9.54. The molecule has 23 heavy (non-hydrogen) atoms. The Kier molecular flexibility index (Phi) is 5.33. The molecule has 0 aliphatic heterocycles. The first-order valence-electron chi connectivity index (χ1n) is 9.54. The topological polar surface area (TPSA) is 37.3 Å². The molecule has 2 rings (SSSR count). The van der Waals surface area contributed by atoms with Crippen LogP contribution < -0.4 is 0 Å². The Morgan fingerprint density at radius 1 is 1.39 bits per heavy atom. The van der Waals surface area contributed by atoms with Crippen molar-refractivity contribution in [1.82, 2.24) is 0 Å². The number of hydrogen-bond donors (Lipinski definition) is 1. The minimum atomic E-state index is -0.573. The van der Waals surface area contributed by atoms with Crippen molar-refractivity contribution in [2.45, 2.75) is 80.1 Å². The van der Waals surface area contributed by atoms with E-state index in [0.29, 0.717) is 11.8 Å². The smallest absolute Gasteiger partial charge is 0.307 e. The Labute approximate surface area is 142 Å². The second-order valence-corrected chi connectivity index (χ2v) is 9.16. The lowest BCUT2D eigenvalue weighted by Gasteiger charge is -2.59. The van der Waals surface area contributed by atoms with Crippen LogP contribution in [0.5, 0.6) is 0 Å². The van der Waals surface area contributed by atoms with Crippen LogP contribution in [0.1, 0.15) is 80.1 Å². The molecule has 1 N–H and O–H groups in total. The molecule has 0 aromatic heterocycles. The SMILES string of the molecule is CC[C@@H](C)CC[C@H]1C(C)=CC[C@H]2C(C)(C)CCC(C(=O)O)[C@]12C. The van der Waals surface area contributed by atoms with E-state index < -0.39 is 5.97 Å². The van der Waals surface area contributed by atoms with Gasteiger partial charge in [0.15, 0.2) is 0 Å². The van der Waals surface area contributed by atoms with Gasteiger partial charge in [-0.3, -0.25) is 4.79 Å². The van der Waals surface area contributed by atoms with Gasteiger partial charge in [-0.25, -0.2) is 0 Å². The maximum absolute atomic E-state index is 12.1. The number of hydrogen-bond acceptors (Lipinski definition) is 1. The van der Waals surface area contributed by atoms with E-state index in [4.69, 9.17) is 0 Å². The standard InChI is InChI=1S/C21H36O2/c1-7-14(2)8-10-16-15(3)9-11-18-20(4,5)13-12-17(19(22)23)21(16,18)6/h9,14,16-18H,7-8,10-13H2,1-6H3,(H,22,23)/t14-,16+,17?,18+,21+/m1/s1. The highest BCUT2D eigenvalue weighted by atomic mass is 16.4. The van der Waals surface area contributed by atoms with Gasteiger partial charge in [0.05, 0.1) is 5.92 Å². The predicted octanol–water partition coefficient (Wildman–Crippen LogP) is 5.92. The molecule has 0 radical (unpaired) electrons. The lowest BCUT2D eigenvalue weighted by Crippen LogP contribution is -2.55. The lowest BCUT2D eigenvalue weighted by molar-refractivity contribution is -0.161. The van der Waals surface area contributed by atoms with Gasteiger partial charge in [0.1, 0.15) is 0 Å². The van der Waals surface area contributed by atoms with Gasteiger partial charge in [0, 0.05) is 0 Å². The fourth-order valence-corrected chi connectivity index (χ4v) is 5.67. The number of carbonyl (C=O) groups is 1. The van der Waals surface area contributed by atoms with Gasteiger partial charge in [-0.2, -0.15) is 0 Å². The largest absolute Gasteiger partial charge is 0.481 e. The van der Waals surface area contributed by atoms with E-state index in [-0.39, 0.29) is 16.7 Å². The van der Waals surface area contributed by atoms with Crippen molar-refractivity contribution in [3.8, 4) is 0 Å². The molecule has 0 aromatic carbocycles. The summed E-state index contributed by atoms with van der Waals surface area (Å²) in [6, 6.07) is 0. The molecule has 5 atom stereocenters. The molecule has 0 saturated heterocycles. The maximum Gasteiger partial charge on any atom is 0.307 e. The van der Waals surface area contributed by atoms with Crippen LogP contribution in [0, 0.1) is 34.5 Å². The van der Waals surface area contributed by atoms with Crippen LogP contribution in [-0.4, -0.2) is 11.1 Å². The van der Waals surface area contributed by atoms with Gasteiger partial charge in [-0.05, 0) is 61.2 Å². The highest BCUT2D eigenvalue weighted by Gasteiger charge is 2.58. The second-order valence-electron chi connectivity index (χ2n) is 9.16. The Balaban J connectivity index is 2.39. The van der Waals surface area contributed by atoms with Crippen molar-refractivity contribution >= 4 is 5.97 Å². The van der Waals surface area contributed by atoms with Crippen molar-refractivity contribution < 1.29 is 9.90 Å². The minimum absolute atomic E-state index is 0.0973. The average molecular weight is 321 g/mol. The normalized spacial score (nSPS) is 37.7. The van der Waals surface area contributed by atoms with E-state index >= 15 is 0 Å². The van der Waals surface area contributed by atoms with Crippen molar-refractivity contribution in [3.05, 3.63) is 11.6 Å². The molecule has 1 fully saturated rings. The molecule has 2 aliphatic rings. The average Bonchev–Trinajstić information content (AvgIpc) is 2.44. The fourth-order valence-electron chi connectivity index (χ4n) is 5.67. The third-order valence-electron chi connectivity index (χ3n) is 7.44. The van der Waals surface area contributed by atoms with E-state index in [1.165, 1.54) is 18.4 Å². The summed E-state index contributed by atoms with van der Waals surface area (Å²) < 4.78 is 0. The Morgan fingerprint density at radius 3 is 2.61 bits per heavy atom. The zero-order valence-electron chi connectivity index (χ0n) is 16.0. The van der Waals surface area contributed by atoms with E-state index in [1.54, 1.807) is 0 Å². The summed E-state index contributed by atoms with van der Waals surface area (Å²) in [6.45, 7) is 13.8. The van der Waals surface area contributed by atoms with Crippen LogP contribution in [-0.2, 0) is 4.79 Å². The first-order chi connectivity index (χ1) is 10.6. The third kappa shape index (κ3) is 3.23. The van der Waals surface area contributed by atoms with E-state index in [0.717, 1.165) is 31.6 Å². The monoisotopic (exact) mass is 320 g/mol. The predicted molar refractivity (Wildman–Crippen MR) is 96.3 cm³/mol. The summed E-state index contributed by atoms with van der Waals surface area (Å²) in [5, 5.41) is 9.92. The van der Waals surface area contributed by atoms with Crippen molar-refractivity contribution in [1.29, 1.82) is 0 Å². The van der Waals surface area contributed by atoms with E-state index in [9.17, 15) is 9.90 Å². The Morgan fingerprint density at radius 2 is 2.04 bits per heavy atom. The Bertz CT molecular complexity index is 476. The summed E-state index contributed by atoms with van der Waals surface area (Å²) in [5.41, 5.74) is 1.59. The molecule has 1 unspecified atom stereocenters. The van der Waals surface area contributed by atoms with Crippen LogP contribution in [0.2, 0.25) is 0 Å². The molecule has 0 bridgehead atoms. The highest BCUT2D eigenvalue weighted by molar-refractivity contribution is 5.71. The summed E-state index contributed by atoms with van der Waals surface area (Å²) in [4.78, 5) is 12.1. The van der Waals surface area contributed by atoms with Crippen LogP contribution in [0.15, 0.2) is 11.6 Å². The van der Waals surface area contributed by atoms with Gasteiger partial charge in [-0.15, -0.1) is 0 Å². The quantitative estimate of drug-likeness (QED) is 0.638. The minimum Gasteiger partial charge on any atom is -0.481 e. The third-order valence-corrected chi connectivity index (χ3v) is 7.44. The Hall–Kier alpha value is -0.790. The van der Waals surface area contributed by atoms with Crippen molar-refractivity contribution in [2.24, 2.45) is 34.5 Å². The summed E-state index contributed by atoms with van der Waals surface area (Å²) >= 11 is 0. The molecule has 1 saturated carbocycles. The molecule has 0 amide bonds. The fraction of sp³-hybridized carbons (Fsp3) is 0.857. The zero-order valence-corrected chi connectivity index (χ0v) is 16.0.